The number of hydrogen-bond donors (Lipinski definition) is 2. The van der Waals surface area contributed by atoms with Crippen LogP contribution in [0.3, 0.4) is 0 Å². The smallest absolute Gasteiger partial charge is 0.331 e. The van der Waals surface area contributed by atoms with E-state index < -0.39 is 13.8 Å². The summed E-state index contributed by atoms with van der Waals surface area (Å²) in [6.45, 7) is 1.91. The molecule has 1 aliphatic carbocycles. The van der Waals surface area contributed by atoms with Crippen molar-refractivity contribution < 1.29 is 24.3 Å². The molecule has 8 heteroatoms. The first-order valence-corrected chi connectivity index (χ1v) is 10.8. The van der Waals surface area contributed by atoms with Crippen molar-refractivity contribution in [1.82, 2.24) is 0 Å². The molecule has 1 saturated carbocycles. The maximum absolute atomic E-state index is 11.4. The molecule has 5 nitrogen and oxygen atoms in total. The molecule has 1 heterocycles. The monoisotopic (exact) mass is 356 g/mol. The number of aliphatic hydroxyl groups is 2. The van der Waals surface area contributed by atoms with E-state index in [2.05, 4.69) is 8.93 Å². The molecular formula is C15H23BO5P2. The molecule has 7 atom stereocenters. The van der Waals surface area contributed by atoms with Gasteiger partial charge in [0.15, 0.2) is 7.57 Å². The van der Waals surface area contributed by atoms with Gasteiger partial charge in [0, 0.05) is 18.4 Å². The van der Waals surface area contributed by atoms with Gasteiger partial charge in [-0.15, -0.1) is 0 Å². The first-order chi connectivity index (χ1) is 10.9. The molecule has 0 aromatic carbocycles. The second kappa shape index (κ2) is 8.73. The predicted molar refractivity (Wildman–Crippen MR) is 94.0 cm³/mol. The van der Waals surface area contributed by atoms with Crippen LogP contribution in [0.2, 0.25) is 0 Å². The van der Waals surface area contributed by atoms with Crippen LogP contribution in [-0.2, 0) is 14.1 Å². The van der Waals surface area contributed by atoms with Gasteiger partial charge in [0.25, 0.3) is 0 Å². The Balaban J connectivity index is 1.99. The van der Waals surface area contributed by atoms with E-state index in [0.29, 0.717) is 25.7 Å². The van der Waals surface area contributed by atoms with Gasteiger partial charge < -0.3 is 19.5 Å². The van der Waals surface area contributed by atoms with Crippen molar-refractivity contribution in [3.05, 3.63) is 23.8 Å². The van der Waals surface area contributed by atoms with E-state index >= 15 is 0 Å². The number of hydrogen-bond acceptors (Lipinski definition) is 5. The third-order valence-electron chi connectivity index (χ3n) is 4.21. The van der Waals surface area contributed by atoms with Gasteiger partial charge in [0.1, 0.15) is 6.10 Å². The summed E-state index contributed by atoms with van der Waals surface area (Å²) < 4.78 is 11.0. The summed E-state index contributed by atoms with van der Waals surface area (Å²) in [5.74, 6) is -0.444. The Morgan fingerprint density at radius 3 is 2.96 bits per heavy atom. The SMILES string of the molecule is [B]P(P)O[C@@H]1C[C@@H]2OC(=O)C=C2[C@@H]1/C=C/C(O)CCC(O)CC. The lowest BCUT2D eigenvalue weighted by atomic mass is 9.98. The topological polar surface area (TPSA) is 76.0 Å². The average molecular weight is 356 g/mol. The van der Waals surface area contributed by atoms with Crippen molar-refractivity contribution in [3.8, 4) is 0 Å². The highest BCUT2D eigenvalue weighted by Crippen LogP contribution is 2.49. The Morgan fingerprint density at radius 2 is 2.30 bits per heavy atom. The van der Waals surface area contributed by atoms with Crippen molar-refractivity contribution >= 4 is 30.2 Å². The molecule has 0 amide bonds. The van der Waals surface area contributed by atoms with Crippen LogP contribution in [0.5, 0.6) is 0 Å². The van der Waals surface area contributed by atoms with E-state index in [1.54, 1.807) is 6.08 Å². The third-order valence-corrected chi connectivity index (χ3v) is 5.09. The summed E-state index contributed by atoms with van der Waals surface area (Å²) in [6.07, 6.45) is 5.97. The third kappa shape index (κ3) is 5.37. The Morgan fingerprint density at radius 1 is 1.57 bits per heavy atom. The fraction of sp³-hybridized carbons (Fsp3) is 0.667. The number of rotatable bonds is 8. The van der Waals surface area contributed by atoms with Crippen LogP contribution in [0.1, 0.15) is 32.6 Å². The number of carbonyl (C=O) groups is 1. The average Bonchev–Trinajstić information content (AvgIpc) is 2.97. The zero-order chi connectivity index (χ0) is 17.0. The zero-order valence-corrected chi connectivity index (χ0v) is 15.2. The molecule has 23 heavy (non-hydrogen) atoms. The minimum Gasteiger partial charge on any atom is -0.455 e. The summed E-state index contributed by atoms with van der Waals surface area (Å²) in [5, 5.41) is 19.6. The summed E-state index contributed by atoms with van der Waals surface area (Å²) >= 11 is 0. The van der Waals surface area contributed by atoms with Crippen molar-refractivity contribution in [2.75, 3.05) is 0 Å². The molecule has 0 saturated heterocycles. The zero-order valence-electron chi connectivity index (χ0n) is 13.2. The van der Waals surface area contributed by atoms with Gasteiger partial charge >= 0.3 is 5.97 Å². The van der Waals surface area contributed by atoms with Gasteiger partial charge in [-0.05, 0) is 32.6 Å². The Hall–Kier alpha value is -0.245. The minimum absolute atomic E-state index is 0.119. The van der Waals surface area contributed by atoms with Gasteiger partial charge in [-0.1, -0.05) is 28.0 Å². The van der Waals surface area contributed by atoms with Crippen molar-refractivity contribution in [3.63, 3.8) is 0 Å². The van der Waals surface area contributed by atoms with Crippen LogP contribution >= 0.6 is 16.6 Å². The lowest BCUT2D eigenvalue weighted by Crippen LogP contribution is -2.17. The quantitative estimate of drug-likeness (QED) is 0.301. The van der Waals surface area contributed by atoms with Crippen molar-refractivity contribution in [2.24, 2.45) is 5.92 Å². The molecule has 2 radical (unpaired) electrons. The first-order valence-electron chi connectivity index (χ1n) is 7.83. The summed E-state index contributed by atoms with van der Waals surface area (Å²) in [5.41, 5.74) is 0.888. The van der Waals surface area contributed by atoms with Crippen LogP contribution in [0, 0.1) is 5.92 Å². The molecule has 0 aromatic rings. The molecule has 0 spiro atoms. The fourth-order valence-electron chi connectivity index (χ4n) is 2.95. The van der Waals surface area contributed by atoms with Crippen molar-refractivity contribution in [1.29, 1.82) is 0 Å². The number of ether oxygens (including phenoxy) is 1. The van der Waals surface area contributed by atoms with E-state index in [4.69, 9.17) is 16.8 Å². The molecule has 2 rings (SSSR count). The largest absolute Gasteiger partial charge is 0.455 e. The van der Waals surface area contributed by atoms with Crippen LogP contribution in [0.4, 0.5) is 0 Å². The Bertz CT molecular complexity index is 482. The maximum atomic E-state index is 11.4. The number of esters is 1. The van der Waals surface area contributed by atoms with E-state index in [9.17, 15) is 15.0 Å². The lowest BCUT2D eigenvalue weighted by molar-refractivity contribution is -0.138. The first kappa shape index (κ1) is 19.1. The molecule has 126 valence electrons. The molecule has 1 aliphatic heterocycles. The second-order valence-corrected chi connectivity index (χ2v) is 8.38. The van der Waals surface area contributed by atoms with Crippen molar-refractivity contribution in [2.45, 2.75) is 57.0 Å². The Kier molecular flexibility index (Phi) is 7.25. The summed E-state index contributed by atoms with van der Waals surface area (Å²) in [4.78, 5) is 11.4. The van der Waals surface area contributed by atoms with Crippen LogP contribution in [-0.4, -0.2) is 48.2 Å². The van der Waals surface area contributed by atoms with Gasteiger partial charge in [-0.2, -0.15) is 0 Å². The van der Waals surface area contributed by atoms with E-state index in [1.807, 2.05) is 13.0 Å². The second-order valence-electron chi connectivity index (χ2n) is 5.93. The molecule has 4 unspecified atom stereocenters. The maximum Gasteiger partial charge on any atom is 0.331 e. The molecular weight excluding hydrogens is 333 g/mol. The minimum atomic E-state index is -1.09. The van der Waals surface area contributed by atoms with Crippen LogP contribution in [0.25, 0.3) is 0 Å². The number of carbonyl (C=O) groups excluding carboxylic acids is 1. The predicted octanol–water partition coefficient (Wildman–Crippen LogP) is 1.98. The highest BCUT2D eigenvalue weighted by Gasteiger charge is 2.44. The summed E-state index contributed by atoms with van der Waals surface area (Å²) in [7, 11) is 7.10. The lowest BCUT2D eigenvalue weighted by Gasteiger charge is -2.20. The van der Waals surface area contributed by atoms with Gasteiger partial charge in [0.05, 0.1) is 18.3 Å². The van der Waals surface area contributed by atoms with E-state index in [-0.39, 0.29) is 30.2 Å². The molecule has 0 bridgehead atoms. The van der Waals surface area contributed by atoms with E-state index in [0.717, 1.165) is 5.57 Å². The van der Waals surface area contributed by atoms with Crippen LogP contribution in [0.15, 0.2) is 23.8 Å². The van der Waals surface area contributed by atoms with Gasteiger partial charge in [-0.3, -0.25) is 0 Å². The Labute approximate surface area is 141 Å². The fourth-order valence-corrected chi connectivity index (χ4v) is 3.95. The highest BCUT2D eigenvalue weighted by molar-refractivity contribution is 8.23. The molecule has 2 aliphatic rings. The number of aliphatic hydroxyl groups excluding tert-OH is 2. The highest BCUT2D eigenvalue weighted by atomic mass is 32.0. The number of fused-ring (bicyclic) bond motifs is 1. The normalized spacial score (nSPS) is 30.9. The summed E-state index contributed by atoms with van der Waals surface area (Å²) in [6, 6.07) is 0. The molecule has 1 fully saturated rings. The molecule has 0 aromatic heterocycles. The van der Waals surface area contributed by atoms with Gasteiger partial charge in [-0.25, -0.2) is 4.79 Å². The standard InChI is InChI=1S/C15H23BO5P2/c1-2-9(17)3-4-10(18)5-6-11-12-7-15(19)20-13(12)8-14(11)21-23(16)22/h5-7,9-11,13-14,17-18H,2-4,8,22H2,1H3/b6-5+/t9?,10?,11-,13-,14+,23?/m0/s1. The van der Waals surface area contributed by atoms with E-state index in [1.165, 1.54) is 6.08 Å². The van der Waals surface area contributed by atoms with Gasteiger partial charge in [0.2, 0.25) is 0 Å². The van der Waals surface area contributed by atoms with Crippen LogP contribution < -0.4 is 0 Å². The molecule has 2 N–H and O–H groups in total.